The summed E-state index contributed by atoms with van der Waals surface area (Å²) >= 11 is 0. The molecule has 1 aromatic carbocycles. The Labute approximate surface area is 173 Å². The molecule has 2 atom stereocenters. The Morgan fingerprint density at radius 2 is 1.62 bits per heavy atom. The second-order valence-electron chi connectivity index (χ2n) is 9.32. The van der Waals surface area contributed by atoms with Crippen molar-refractivity contribution in [3.8, 4) is 0 Å². The first kappa shape index (κ1) is 22.9. The average molecular weight is 403 g/mol. The average Bonchev–Trinajstić information content (AvgIpc) is 3.48. The summed E-state index contributed by atoms with van der Waals surface area (Å²) in [7, 11) is 0. The smallest absolute Gasteiger partial charge is 0.329 e. The van der Waals surface area contributed by atoms with Crippen LogP contribution in [0.2, 0.25) is 0 Å². The third-order valence-corrected chi connectivity index (χ3v) is 5.28. The molecule has 2 amide bonds. The molecular formula is C23H34N2O4. The Hall–Kier alpha value is -2.37. The van der Waals surface area contributed by atoms with E-state index in [1.165, 1.54) is 0 Å². The zero-order chi connectivity index (χ0) is 21.8. The van der Waals surface area contributed by atoms with Crippen LogP contribution in [-0.2, 0) is 19.7 Å². The van der Waals surface area contributed by atoms with Gasteiger partial charge in [-0.1, -0.05) is 46.8 Å². The SMILES string of the molecule is CC(C)[C@H](NC(=O)c1ccc(C(C)(C)C)cc1)C(=O)OCC(=O)N[C@H](C)C1CC1. The van der Waals surface area contributed by atoms with E-state index in [1.54, 1.807) is 12.1 Å². The predicted octanol–water partition coefficient (Wildman–Crippen LogP) is 3.20. The molecule has 160 valence electrons. The Bertz CT molecular complexity index is 730. The van der Waals surface area contributed by atoms with E-state index in [0.29, 0.717) is 11.5 Å². The molecule has 0 heterocycles. The third kappa shape index (κ3) is 6.87. The predicted molar refractivity (Wildman–Crippen MR) is 113 cm³/mol. The molecule has 0 saturated heterocycles. The summed E-state index contributed by atoms with van der Waals surface area (Å²) in [4.78, 5) is 37.0. The van der Waals surface area contributed by atoms with Crippen LogP contribution in [0, 0.1) is 11.8 Å². The maximum atomic E-state index is 12.6. The summed E-state index contributed by atoms with van der Waals surface area (Å²) < 4.78 is 5.16. The molecule has 29 heavy (non-hydrogen) atoms. The van der Waals surface area contributed by atoms with Gasteiger partial charge < -0.3 is 15.4 Å². The first-order valence-corrected chi connectivity index (χ1v) is 10.4. The van der Waals surface area contributed by atoms with Gasteiger partial charge in [-0.3, -0.25) is 9.59 Å². The van der Waals surface area contributed by atoms with Crippen LogP contribution in [0.25, 0.3) is 0 Å². The van der Waals surface area contributed by atoms with Crippen LogP contribution in [0.4, 0.5) is 0 Å². The van der Waals surface area contributed by atoms with Crippen molar-refractivity contribution < 1.29 is 19.1 Å². The van der Waals surface area contributed by atoms with Gasteiger partial charge in [0.05, 0.1) is 0 Å². The molecule has 0 aliphatic heterocycles. The first-order chi connectivity index (χ1) is 13.5. The topological polar surface area (TPSA) is 84.5 Å². The van der Waals surface area contributed by atoms with Crippen molar-refractivity contribution in [2.75, 3.05) is 6.61 Å². The summed E-state index contributed by atoms with van der Waals surface area (Å²) in [5, 5.41) is 5.58. The van der Waals surface area contributed by atoms with E-state index in [4.69, 9.17) is 4.74 Å². The maximum absolute atomic E-state index is 12.6. The molecule has 0 spiro atoms. The summed E-state index contributed by atoms with van der Waals surface area (Å²) in [6.45, 7) is 11.6. The van der Waals surface area contributed by atoms with Crippen LogP contribution < -0.4 is 10.6 Å². The fourth-order valence-corrected chi connectivity index (χ4v) is 3.08. The van der Waals surface area contributed by atoms with Crippen LogP contribution >= 0.6 is 0 Å². The van der Waals surface area contributed by atoms with Crippen molar-refractivity contribution in [3.05, 3.63) is 35.4 Å². The molecule has 0 bridgehead atoms. The van der Waals surface area contributed by atoms with E-state index in [1.807, 2.05) is 32.9 Å². The lowest BCUT2D eigenvalue weighted by molar-refractivity contribution is -0.151. The maximum Gasteiger partial charge on any atom is 0.329 e. The van der Waals surface area contributed by atoms with Gasteiger partial charge in [-0.25, -0.2) is 4.79 Å². The summed E-state index contributed by atoms with van der Waals surface area (Å²) in [6.07, 6.45) is 2.25. The van der Waals surface area contributed by atoms with E-state index in [2.05, 4.69) is 31.4 Å². The molecule has 6 heteroatoms. The number of hydrogen-bond acceptors (Lipinski definition) is 4. The minimum atomic E-state index is -0.821. The molecule has 2 rings (SSSR count). The van der Waals surface area contributed by atoms with E-state index >= 15 is 0 Å². The highest BCUT2D eigenvalue weighted by molar-refractivity contribution is 5.97. The van der Waals surface area contributed by atoms with Gasteiger partial charge >= 0.3 is 5.97 Å². The van der Waals surface area contributed by atoms with Gasteiger partial charge in [0.25, 0.3) is 11.8 Å². The van der Waals surface area contributed by atoms with Crippen LogP contribution in [0.5, 0.6) is 0 Å². The van der Waals surface area contributed by atoms with E-state index in [0.717, 1.165) is 18.4 Å². The molecule has 1 aliphatic carbocycles. The molecule has 1 aromatic rings. The fourth-order valence-electron chi connectivity index (χ4n) is 3.08. The van der Waals surface area contributed by atoms with Crippen LogP contribution in [0.3, 0.4) is 0 Å². The molecule has 1 saturated carbocycles. The van der Waals surface area contributed by atoms with Gasteiger partial charge in [-0.05, 0) is 54.7 Å². The van der Waals surface area contributed by atoms with Gasteiger partial charge in [0.2, 0.25) is 0 Å². The molecule has 1 aliphatic rings. The van der Waals surface area contributed by atoms with Crippen molar-refractivity contribution in [3.63, 3.8) is 0 Å². The first-order valence-electron chi connectivity index (χ1n) is 10.4. The summed E-state index contributed by atoms with van der Waals surface area (Å²) in [6, 6.07) is 6.62. The van der Waals surface area contributed by atoms with Gasteiger partial charge in [0.1, 0.15) is 6.04 Å². The molecule has 6 nitrogen and oxygen atoms in total. The summed E-state index contributed by atoms with van der Waals surface area (Å²) in [5.74, 6) is -0.901. The highest BCUT2D eigenvalue weighted by atomic mass is 16.5. The van der Waals surface area contributed by atoms with E-state index in [-0.39, 0.29) is 35.8 Å². The minimum Gasteiger partial charge on any atom is -0.454 e. The van der Waals surface area contributed by atoms with Gasteiger partial charge in [-0.15, -0.1) is 0 Å². The lowest BCUT2D eigenvalue weighted by atomic mass is 9.86. The Morgan fingerprint density at radius 1 is 1.03 bits per heavy atom. The number of rotatable bonds is 8. The zero-order valence-corrected chi connectivity index (χ0v) is 18.4. The largest absolute Gasteiger partial charge is 0.454 e. The van der Waals surface area contributed by atoms with Gasteiger partial charge in [0, 0.05) is 11.6 Å². The molecule has 2 N–H and O–H groups in total. The van der Waals surface area contributed by atoms with Crippen LogP contribution in [-0.4, -0.2) is 36.5 Å². The molecule has 1 fully saturated rings. The Kier molecular flexibility index (Phi) is 7.44. The quantitative estimate of drug-likeness (QED) is 0.654. The minimum absolute atomic E-state index is 0.00312. The van der Waals surface area contributed by atoms with Crippen molar-refractivity contribution in [1.29, 1.82) is 0 Å². The number of ether oxygens (including phenoxy) is 1. The molecular weight excluding hydrogens is 368 g/mol. The van der Waals surface area contributed by atoms with Crippen molar-refractivity contribution >= 4 is 17.8 Å². The van der Waals surface area contributed by atoms with E-state index < -0.39 is 12.0 Å². The number of amides is 2. The number of carbonyl (C=O) groups excluding carboxylic acids is 3. The van der Waals surface area contributed by atoms with Gasteiger partial charge in [-0.2, -0.15) is 0 Å². The molecule has 0 unspecified atom stereocenters. The summed E-state index contributed by atoms with van der Waals surface area (Å²) in [5.41, 5.74) is 1.60. The second kappa shape index (κ2) is 9.42. The van der Waals surface area contributed by atoms with Gasteiger partial charge in [0.15, 0.2) is 6.61 Å². The standard InChI is InChI=1S/C23H34N2O4/c1-14(2)20(22(28)29-13-19(26)24-15(3)16-7-8-16)25-21(27)17-9-11-18(12-10-17)23(4,5)6/h9-12,14-16,20H,7-8,13H2,1-6H3,(H,24,26)(H,25,27)/t15-,20+/m1/s1. The normalized spacial score (nSPS) is 16.1. The monoisotopic (exact) mass is 402 g/mol. The van der Waals surface area contributed by atoms with E-state index in [9.17, 15) is 14.4 Å². The van der Waals surface area contributed by atoms with Crippen LogP contribution in [0.1, 0.15) is 70.3 Å². The molecule has 0 radical (unpaired) electrons. The third-order valence-electron chi connectivity index (χ3n) is 5.28. The lowest BCUT2D eigenvalue weighted by Gasteiger charge is -2.22. The van der Waals surface area contributed by atoms with Crippen molar-refractivity contribution in [2.24, 2.45) is 11.8 Å². The number of nitrogens with one attached hydrogen (secondary N) is 2. The zero-order valence-electron chi connectivity index (χ0n) is 18.4. The number of benzene rings is 1. The number of hydrogen-bond donors (Lipinski definition) is 2. The second-order valence-corrected chi connectivity index (χ2v) is 9.32. The number of carbonyl (C=O) groups is 3. The highest BCUT2D eigenvalue weighted by Gasteiger charge is 2.30. The van der Waals surface area contributed by atoms with Crippen LogP contribution in [0.15, 0.2) is 24.3 Å². The molecule has 0 aromatic heterocycles. The van der Waals surface area contributed by atoms with Crippen molar-refractivity contribution in [1.82, 2.24) is 10.6 Å². The highest BCUT2D eigenvalue weighted by Crippen LogP contribution is 2.32. The Morgan fingerprint density at radius 3 is 2.10 bits per heavy atom. The lowest BCUT2D eigenvalue weighted by Crippen LogP contribution is -2.46. The van der Waals surface area contributed by atoms with Crippen molar-refractivity contribution in [2.45, 2.75) is 71.9 Å². The number of esters is 1. The Balaban J connectivity index is 1.91. The fraction of sp³-hybridized carbons (Fsp3) is 0.609.